The quantitative estimate of drug-likeness (QED) is 0.923. The molecule has 0 aliphatic heterocycles. The van der Waals surface area contributed by atoms with Crippen molar-refractivity contribution in [1.82, 2.24) is 14.7 Å². The maximum atomic E-state index is 4.66. The predicted octanol–water partition coefficient (Wildman–Crippen LogP) is 3.25. The highest BCUT2D eigenvalue weighted by Gasteiger charge is 2.41. The van der Waals surface area contributed by atoms with Crippen LogP contribution in [0.25, 0.3) is 5.65 Å². The summed E-state index contributed by atoms with van der Waals surface area (Å²) in [5.74, 6) is 2.92. The molecular formula is C17H23N3. The molecule has 2 aromatic heterocycles. The lowest BCUT2D eigenvalue weighted by molar-refractivity contribution is 0.259. The second kappa shape index (κ2) is 4.88. The largest absolute Gasteiger partial charge is 0.308 e. The number of hydrogen-bond donors (Lipinski definition) is 1. The van der Waals surface area contributed by atoms with Crippen LogP contribution in [0, 0.1) is 17.8 Å². The molecule has 106 valence electrons. The van der Waals surface area contributed by atoms with E-state index in [2.05, 4.69) is 40.1 Å². The summed E-state index contributed by atoms with van der Waals surface area (Å²) in [4.78, 5) is 4.66. The number of nitrogens with zero attached hydrogens (tertiary/aromatic N) is 2. The van der Waals surface area contributed by atoms with E-state index in [1.165, 1.54) is 25.7 Å². The van der Waals surface area contributed by atoms with Crippen LogP contribution in [0.15, 0.2) is 30.6 Å². The molecule has 20 heavy (non-hydrogen) atoms. The van der Waals surface area contributed by atoms with Gasteiger partial charge in [0.15, 0.2) is 0 Å². The molecule has 2 aliphatic carbocycles. The van der Waals surface area contributed by atoms with Crippen LogP contribution in [-0.2, 0) is 6.54 Å². The fourth-order valence-electron chi connectivity index (χ4n) is 4.40. The minimum absolute atomic E-state index is 0.620. The summed E-state index contributed by atoms with van der Waals surface area (Å²) < 4.78 is 2.10. The van der Waals surface area contributed by atoms with Crippen molar-refractivity contribution in [3.63, 3.8) is 0 Å². The standard InChI is InChI=1S/C17H23N3/c1-12(16-9-13-5-6-14(16)8-13)18-10-15-11-20-7-3-2-4-17(20)19-15/h2-4,7,11-14,16,18H,5-6,8-10H2,1H3. The third-order valence-electron chi connectivity index (χ3n) is 5.45. The fourth-order valence-corrected chi connectivity index (χ4v) is 4.40. The Hall–Kier alpha value is -1.35. The third-order valence-corrected chi connectivity index (χ3v) is 5.45. The van der Waals surface area contributed by atoms with Gasteiger partial charge in [-0.3, -0.25) is 0 Å². The Kier molecular flexibility index (Phi) is 3.03. The monoisotopic (exact) mass is 269 g/mol. The average molecular weight is 269 g/mol. The highest BCUT2D eigenvalue weighted by Crippen LogP contribution is 2.49. The van der Waals surface area contributed by atoms with Crippen molar-refractivity contribution in [1.29, 1.82) is 0 Å². The van der Waals surface area contributed by atoms with Gasteiger partial charge in [-0.1, -0.05) is 12.5 Å². The van der Waals surface area contributed by atoms with Crippen LogP contribution in [-0.4, -0.2) is 15.4 Å². The van der Waals surface area contributed by atoms with E-state index in [1.54, 1.807) is 0 Å². The van der Waals surface area contributed by atoms with Crippen LogP contribution in [0.1, 0.15) is 38.3 Å². The molecule has 2 fully saturated rings. The van der Waals surface area contributed by atoms with Crippen molar-refractivity contribution in [2.24, 2.45) is 17.8 Å². The van der Waals surface area contributed by atoms with E-state index >= 15 is 0 Å². The summed E-state index contributed by atoms with van der Waals surface area (Å²) in [5.41, 5.74) is 2.18. The molecule has 4 unspecified atom stereocenters. The first-order valence-corrected chi connectivity index (χ1v) is 7.95. The minimum Gasteiger partial charge on any atom is -0.308 e. The lowest BCUT2D eigenvalue weighted by atomic mass is 9.84. The third kappa shape index (κ3) is 2.14. The molecule has 0 aromatic carbocycles. The van der Waals surface area contributed by atoms with E-state index in [9.17, 15) is 0 Å². The maximum Gasteiger partial charge on any atom is 0.137 e. The van der Waals surface area contributed by atoms with Gasteiger partial charge in [0, 0.05) is 25.0 Å². The average Bonchev–Trinajstić information content (AvgIpc) is 3.18. The fraction of sp³-hybridized carbons (Fsp3) is 0.588. The Morgan fingerprint density at radius 2 is 2.30 bits per heavy atom. The molecule has 3 heteroatoms. The zero-order valence-corrected chi connectivity index (χ0v) is 12.1. The summed E-state index contributed by atoms with van der Waals surface area (Å²) >= 11 is 0. The van der Waals surface area contributed by atoms with Crippen molar-refractivity contribution in [3.8, 4) is 0 Å². The summed E-state index contributed by atoms with van der Waals surface area (Å²) in [6.45, 7) is 3.25. The normalized spacial score (nSPS) is 30.1. The van der Waals surface area contributed by atoms with Gasteiger partial charge in [-0.25, -0.2) is 4.98 Å². The molecule has 0 saturated heterocycles. The number of nitrogens with one attached hydrogen (secondary N) is 1. The molecule has 2 aromatic rings. The molecule has 0 amide bonds. The number of rotatable bonds is 4. The van der Waals surface area contributed by atoms with Crippen LogP contribution < -0.4 is 5.32 Å². The first-order chi connectivity index (χ1) is 9.79. The molecule has 0 radical (unpaired) electrons. The minimum atomic E-state index is 0.620. The summed E-state index contributed by atoms with van der Waals surface area (Å²) in [6.07, 6.45) is 10.1. The zero-order chi connectivity index (χ0) is 13.5. The topological polar surface area (TPSA) is 29.3 Å². The van der Waals surface area contributed by atoms with E-state index in [1.807, 2.05) is 12.1 Å². The number of pyridine rings is 1. The molecule has 3 nitrogen and oxygen atoms in total. The van der Waals surface area contributed by atoms with Crippen molar-refractivity contribution in [3.05, 3.63) is 36.3 Å². The second-order valence-electron chi connectivity index (χ2n) is 6.71. The highest BCUT2D eigenvalue weighted by atomic mass is 15.0. The van der Waals surface area contributed by atoms with Crippen molar-refractivity contribution < 1.29 is 0 Å². The van der Waals surface area contributed by atoms with Gasteiger partial charge in [0.05, 0.1) is 5.69 Å². The van der Waals surface area contributed by atoms with Crippen LogP contribution in [0.4, 0.5) is 0 Å². The van der Waals surface area contributed by atoms with Gasteiger partial charge >= 0.3 is 0 Å². The summed E-state index contributed by atoms with van der Waals surface area (Å²) in [6, 6.07) is 6.76. The Balaban J connectivity index is 1.40. The van der Waals surface area contributed by atoms with Crippen molar-refractivity contribution in [2.45, 2.75) is 45.2 Å². The van der Waals surface area contributed by atoms with E-state index < -0.39 is 0 Å². The van der Waals surface area contributed by atoms with E-state index in [0.29, 0.717) is 6.04 Å². The van der Waals surface area contributed by atoms with E-state index in [0.717, 1.165) is 35.6 Å². The van der Waals surface area contributed by atoms with Crippen molar-refractivity contribution >= 4 is 5.65 Å². The molecule has 2 bridgehead atoms. The number of fused-ring (bicyclic) bond motifs is 3. The maximum absolute atomic E-state index is 4.66. The first kappa shape index (κ1) is 12.4. The first-order valence-electron chi connectivity index (χ1n) is 7.95. The van der Waals surface area contributed by atoms with E-state index in [-0.39, 0.29) is 0 Å². The molecule has 2 aliphatic rings. The number of imidazole rings is 1. The predicted molar refractivity (Wildman–Crippen MR) is 80.4 cm³/mol. The zero-order valence-electron chi connectivity index (χ0n) is 12.1. The molecule has 0 spiro atoms. The lowest BCUT2D eigenvalue weighted by Crippen LogP contribution is -2.35. The lowest BCUT2D eigenvalue weighted by Gasteiger charge is -2.28. The molecule has 4 rings (SSSR count). The van der Waals surface area contributed by atoms with Gasteiger partial charge in [0.25, 0.3) is 0 Å². The summed E-state index contributed by atoms with van der Waals surface area (Å²) in [5, 5.41) is 3.71. The molecule has 4 atom stereocenters. The number of aromatic nitrogens is 2. The van der Waals surface area contributed by atoms with Gasteiger partial charge in [0.1, 0.15) is 5.65 Å². The Labute approximate surface area is 120 Å². The Morgan fingerprint density at radius 1 is 1.35 bits per heavy atom. The van der Waals surface area contributed by atoms with Gasteiger partial charge in [-0.05, 0) is 56.1 Å². The van der Waals surface area contributed by atoms with Gasteiger partial charge in [-0.15, -0.1) is 0 Å². The second-order valence-corrected chi connectivity index (χ2v) is 6.71. The molecular weight excluding hydrogens is 246 g/mol. The Morgan fingerprint density at radius 3 is 3.05 bits per heavy atom. The Bertz CT molecular complexity index is 570. The van der Waals surface area contributed by atoms with Crippen LogP contribution >= 0.6 is 0 Å². The van der Waals surface area contributed by atoms with Crippen molar-refractivity contribution in [2.75, 3.05) is 0 Å². The molecule has 2 heterocycles. The SMILES string of the molecule is CC(NCc1cn2ccccc2n1)C1CC2CCC1C2. The van der Waals surface area contributed by atoms with E-state index in [4.69, 9.17) is 0 Å². The van der Waals surface area contributed by atoms with Gasteiger partial charge < -0.3 is 9.72 Å². The molecule has 2 saturated carbocycles. The summed E-state index contributed by atoms with van der Waals surface area (Å²) in [7, 11) is 0. The van der Waals surface area contributed by atoms with Gasteiger partial charge in [-0.2, -0.15) is 0 Å². The van der Waals surface area contributed by atoms with Gasteiger partial charge in [0.2, 0.25) is 0 Å². The van der Waals surface area contributed by atoms with Crippen LogP contribution in [0.5, 0.6) is 0 Å². The highest BCUT2D eigenvalue weighted by molar-refractivity contribution is 5.39. The van der Waals surface area contributed by atoms with Crippen LogP contribution in [0.3, 0.4) is 0 Å². The number of hydrogen-bond acceptors (Lipinski definition) is 2. The van der Waals surface area contributed by atoms with Crippen LogP contribution in [0.2, 0.25) is 0 Å². The smallest absolute Gasteiger partial charge is 0.137 e. The molecule has 1 N–H and O–H groups in total.